The number of amides is 1. The Morgan fingerprint density at radius 3 is 2.62 bits per heavy atom. The Hall–Kier alpha value is -3.59. The van der Waals surface area contributed by atoms with Crippen LogP contribution in [0.3, 0.4) is 0 Å². The average molecular weight is 349 g/mol. The number of nitrogens with one attached hydrogen (secondary N) is 2. The Morgan fingerprint density at radius 1 is 1.15 bits per heavy atom. The number of carbonyl (C=O) groups excluding carboxylic acids is 2. The van der Waals surface area contributed by atoms with Crippen molar-refractivity contribution in [3.63, 3.8) is 0 Å². The Balaban J connectivity index is 2.01. The number of rotatable bonds is 7. The zero-order valence-electron chi connectivity index (χ0n) is 14.4. The predicted molar refractivity (Wildman–Crippen MR) is 98.0 cm³/mol. The van der Waals surface area contributed by atoms with Crippen LogP contribution >= 0.6 is 0 Å². The van der Waals surface area contributed by atoms with Crippen LogP contribution in [0.1, 0.15) is 22.8 Å². The number of hydrogen-bond donors (Lipinski definition) is 2. The fourth-order valence-electron chi connectivity index (χ4n) is 2.13. The van der Waals surface area contributed by atoms with Crippen LogP contribution in [0.15, 0.2) is 66.4 Å². The molecule has 0 radical (unpaired) electrons. The molecule has 2 aromatic rings. The maximum atomic E-state index is 12.3. The lowest BCUT2D eigenvalue weighted by Crippen LogP contribution is -2.22. The molecule has 0 heterocycles. The van der Waals surface area contributed by atoms with E-state index in [1.54, 1.807) is 37.3 Å². The number of nitrogens with zero attached hydrogens (tertiary/aromatic N) is 1. The topological polar surface area (TPSA) is 91.2 Å². The van der Waals surface area contributed by atoms with Crippen LogP contribution in [-0.2, 0) is 16.1 Å². The van der Waals surface area contributed by atoms with E-state index in [4.69, 9.17) is 10.00 Å². The lowest BCUT2D eigenvalue weighted by Gasteiger charge is -2.07. The number of hydrogen-bond acceptors (Lipinski definition) is 5. The molecule has 6 heteroatoms. The van der Waals surface area contributed by atoms with Gasteiger partial charge in [0, 0.05) is 24.0 Å². The smallest absolute Gasteiger partial charge is 0.350 e. The third-order valence-electron chi connectivity index (χ3n) is 3.42. The van der Waals surface area contributed by atoms with E-state index in [1.165, 1.54) is 6.20 Å². The fourth-order valence-corrected chi connectivity index (χ4v) is 2.13. The molecule has 6 nitrogen and oxygen atoms in total. The van der Waals surface area contributed by atoms with Crippen molar-refractivity contribution >= 4 is 17.6 Å². The molecule has 2 N–H and O–H groups in total. The van der Waals surface area contributed by atoms with Crippen molar-refractivity contribution in [2.75, 3.05) is 11.9 Å². The van der Waals surface area contributed by atoms with Gasteiger partial charge in [0.2, 0.25) is 0 Å². The Morgan fingerprint density at radius 2 is 1.92 bits per heavy atom. The SMILES string of the molecule is CCOC(=O)/C(C#N)=C\Nc1cccc(C(=O)NCc2ccccc2)c1. The van der Waals surface area contributed by atoms with Gasteiger partial charge < -0.3 is 15.4 Å². The normalized spacial score (nSPS) is 10.5. The van der Waals surface area contributed by atoms with Gasteiger partial charge in [-0.05, 0) is 30.7 Å². The lowest BCUT2D eigenvalue weighted by atomic mass is 10.1. The van der Waals surface area contributed by atoms with Crippen LogP contribution in [0.2, 0.25) is 0 Å². The van der Waals surface area contributed by atoms with Gasteiger partial charge in [0.15, 0.2) is 5.57 Å². The third-order valence-corrected chi connectivity index (χ3v) is 3.42. The molecule has 1 amide bonds. The highest BCUT2D eigenvalue weighted by molar-refractivity contribution is 5.95. The Labute approximate surface area is 152 Å². The summed E-state index contributed by atoms with van der Waals surface area (Å²) in [6.07, 6.45) is 1.26. The van der Waals surface area contributed by atoms with Crippen LogP contribution in [-0.4, -0.2) is 18.5 Å². The summed E-state index contributed by atoms with van der Waals surface area (Å²) in [4.78, 5) is 23.9. The summed E-state index contributed by atoms with van der Waals surface area (Å²) in [7, 11) is 0. The maximum Gasteiger partial charge on any atom is 0.350 e. The number of esters is 1. The molecule has 0 aliphatic carbocycles. The molecule has 132 valence electrons. The molecule has 0 spiro atoms. The van der Waals surface area contributed by atoms with Crippen LogP contribution < -0.4 is 10.6 Å². The minimum absolute atomic E-state index is 0.147. The molecular weight excluding hydrogens is 330 g/mol. The predicted octanol–water partition coefficient (Wildman–Crippen LogP) is 3.00. The zero-order valence-corrected chi connectivity index (χ0v) is 14.4. The molecule has 0 atom stereocenters. The summed E-state index contributed by atoms with van der Waals surface area (Å²) in [5, 5.41) is 14.7. The number of carbonyl (C=O) groups is 2. The van der Waals surface area contributed by atoms with E-state index >= 15 is 0 Å². The summed E-state index contributed by atoms with van der Waals surface area (Å²) < 4.78 is 4.79. The third kappa shape index (κ3) is 5.49. The number of anilines is 1. The molecule has 2 aromatic carbocycles. The van der Waals surface area contributed by atoms with Crippen molar-refractivity contribution < 1.29 is 14.3 Å². The monoisotopic (exact) mass is 349 g/mol. The Bertz CT molecular complexity index is 839. The van der Waals surface area contributed by atoms with Crippen molar-refractivity contribution in [1.82, 2.24) is 5.32 Å². The number of nitriles is 1. The van der Waals surface area contributed by atoms with Gasteiger partial charge in [-0.2, -0.15) is 5.26 Å². The van der Waals surface area contributed by atoms with Gasteiger partial charge in [-0.25, -0.2) is 4.79 Å². The molecule has 0 fully saturated rings. The second-order valence-electron chi connectivity index (χ2n) is 5.28. The van der Waals surface area contributed by atoms with Gasteiger partial charge >= 0.3 is 5.97 Å². The summed E-state index contributed by atoms with van der Waals surface area (Å²) in [6.45, 7) is 2.28. The quantitative estimate of drug-likeness (QED) is 0.455. The molecule has 0 saturated carbocycles. The first-order chi connectivity index (χ1) is 12.6. The summed E-state index contributed by atoms with van der Waals surface area (Å²) in [5.74, 6) is -0.911. The first-order valence-electron chi connectivity index (χ1n) is 8.10. The molecule has 0 saturated heterocycles. The molecule has 0 aliphatic heterocycles. The van der Waals surface area contributed by atoms with E-state index < -0.39 is 5.97 Å². The largest absolute Gasteiger partial charge is 0.462 e. The van der Waals surface area contributed by atoms with Crippen molar-refractivity contribution in [3.8, 4) is 6.07 Å². The van der Waals surface area contributed by atoms with Crippen molar-refractivity contribution in [2.24, 2.45) is 0 Å². The van der Waals surface area contributed by atoms with Crippen molar-refractivity contribution in [1.29, 1.82) is 5.26 Å². The minimum atomic E-state index is -0.695. The second-order valence-corrected chi connectivity index (χ2v) is 5.28. The molecule has 0 aromatic heterocycles. The van der Waals surface area contributed by atoms with Crippen molar-refractivity contribution in [2.45, 2.75) is 13.5 Å². The Kier molecular flexibility index (Phi) is 6.95. The van der Waals surface area contributed by atoms with Crippen molar-refractivity contribution in [3.05, 3.63) is 77.5 Å². The zero-order chi connectivity index (χ0) is 18.8. The van der Waals surface area contributed by atoms with Crippen LogP contribution in [0, 0.1) is 11.3 Å². The minimum Gasteiger partial charge on any atom is -0.462 e. The highest BCUT2D eigenvalue weighted by Crippen LogP contribution is 2.12. The van der Waals surface area contributed by atoms with E-state index in [2.05, 4.69) is 10.6 Å². The standard InChI is InChI=1S/C20H19N3O3/c1-2-26-20(25)17(12-21)14-22-18-10-6-9-16(11-18)19(24)23-13-15-7-4-3-5-8-15/h3-11,14,22H,2,13H2,1H3,(H,23,24)/b17-14-. The van der Waals surface area contributed by atoms with Gasteiger partial charge in [-0.15, -0.1) is 0 Å². The fraction of sp³-hybridized carbons (Fsp3) is 0.150. The maximum absolute atomic E-state index is 12.3. The lowest BCUT2D eigenvalue weighted by molar-refractivity contribution is -0.138. The average Bonchev–Trinajstić information content (AvgIpc) is 2.68. The second kappa shape index (κ2) is 9.64. The summed E-state index contributed by atoms with van der Waals surface area (Å²) in [5.41, 5.74) is 1.90. The van der Waals surface area contributed by atoms with Crippen LogP contribution in [0.5, 0.6) is 0 Å². The first-order valence-corrected chi connectivity index (χ1v) is 8.10. The summed E-state index contributed by atoms with van der Waals surface area (Å²) in [6, 6.07) is 18.1. The van der Waals surface area contributed by atoms with E-state index in [-0.39, 0.29) is 18.1 Å². The molecule has 26 heavy (non-hydrogen) atoms. The molecule has 0 aliphatic rings. The van der Waals surface area contributed by atoms with Gasteiger partial charge in [0.05, 0.1) is 6.61 Å². The van der Waals surface area contributed by atoms with E-state index in [1.807, 2.05) is 30.3 Å². The summed E-state index contributed by atoms with van der Waals surface area (Å²) >= 11 is 0. The van der Waals surface area contributed by atoms with Gasteiger partial charge in [-0.3, -0.25) is 4.79 Å². The number of ether oxygens (including phenoxy) is 1. The molecule has 0 bridgehead atoms. The first kappa shape index (κ1) is 18.7. The van der Waals surface area contributed by atoms with E-state index in [9.17, 15) is 9.59 Å². The van der Waals surface area contributed by atoms with E-state index in [0.29, 0.717) is 17.8 Å². The van der Waals surface area contributed by atoms with Crippen LogP contribution in [0.4, 0.5) is 5.69 Å². The highest BCUT2D eigenvalue weighted by atomic mass is 16.5. The molecule has 2 rings (SSSR count). The van der Waals surface area contributed by atoms with E-state index in [0.717, 1.165) is 5.56 Å². The number of benzene rings is 2. The van der Waals surface area contributed by atoms with Gasteiger partial charge in [0.1, 0.15) is 6.07 Å². The highest BCUT2D eigenvalue weighted by Gasteiger charge is 2.10. The van der Waals surface area contributed by atoms with Gasteiger partial charge in [0.25, 0.3) is 5.91 Å². The van der Waals surface area contributed by atoms with Crippen LogP contribution in [0.25, 0.3) is 0 Å². The molecule has 0 unspecified atom stereocenters. The molecular formula is C20H19N3O3. The van der Waals surface area contributed by atoms with Gasteiger partial charge in [-0.1, -0.05) is 36.4 Å².